The van der Waals surface area contributed by atoms with E-state index in [4.69, 9.17) is 15.2 Å². The number of benzene rings is 2. The molecule has 0 heterocycles. The summed E-state index contributed by atoms with van der Waals surface area (Å²) in [6, 6.07) is 14.2. The van der Waals surface area contributed by atoms with Crippen molar-refractivity contribution in [1.82, 2.24) is 0 Å². The summed E-state index contributed by atoms with van der Waals surface area (Å²) in [6.45, 7) is 4.93. The van der Waals surface area contributed by atoms with E-state index in [1.54, 1.807) is 12.1 Å². The summed E-state index contributed by atoms with van der Waals surface area (Å²) < 4.78 is 25.1. The van der Waals surface area contributed by atoms with Crippen LogP contribution in [-0.4, -0.2) is 12.6 Å². The van der Waals surface area contributed by atoms with Crippen molar-refractivity contribution in [3.63, 3.8) is 0 Å². The second kappa shape index (κ2) is 8.53. The molecule has 0 bridgehead atoms. The van der Waals surface area contributed by atoms with Crippen molar-refractivity contribution in [2.45, 2.75) is 32.9 Å². The van der Waals surface area contributed by atoms with Crippen molar-refractivity contribution in [3.05, 3.63) is 59.9 Å². The Labute approximate surface area is 137 Å². The predicted molar refractivity (Wildman–Crippen MR) is 90.1 cm³/mol. The maximum atomic E-state index is 14.1. The van der Waals surface area contributed by atoms with E-state index in [2.05, 4.69) is 13.8 Å². The van der Waals surface area contributed by atoms with Gasteiger partial charge in [-0.25, -0.2) is 4.39 Å². The second-order valence-electron chi connectivity index (χ2n) is 6.07. The zero-order chi connectivity index (χ0) is 16.7. The van der Waals surface area contributed by atoms with Crippen molar-refractivity contribution in [1.29, 1.82) is 0 Å². The molecule has 0 aliphatic rings. The van der Waals surface area contributed by atoms with Crippen molar-refractivity contribution in [2.75, 3.05) is 6.61 Å². The fourth-order valence-corrected chi connectivity index (χ4v) is 2.30. The molecule has 0 fully saturated rings. The Kier molecular flexibility index (Phi) is 6.41. The number of nitrogens with two attached hydrogens (primary N) is 1. The molecule has 0 radical (unpaired) electrons. The van der Waals surface area contributed by atoms with Crippen LogP contribution in [0.4, 0.5) is 4.39 Å². The van der Waals surface area contributed by atoms with Gasteiger partial charge < -0.3 is 15.2 Å². The average Bonchev–Trinajstić information content (AvgIpc) is 2.52. The molecule has 2 aromatic rings. The van der Waals surface area contributed by atoms with Crippen LogP contribution < -0.4 is 15.2 Å². The van der Waals surface area contributed by atoms with E-state index in [9.17, 15) is 4.39 Å². The summed E-state index contributed by atoms with van der Waals surface area (Å²) in [7, 11) is 0. The maximum absolute atomic E-state index is 14.1. The summed E-state index contributed by atoms with van der Waals surface area (Å²) in [4.78, 5) is 0. The molecule has 3 nitrogen and oxygen atoms in total. The second-order valence-corrected chi connectivity index (χ2v) is 6.07. The van der Waals surface area contributed by atoms with E-state index >= 15 is 0 Å². The fraction of sp³-hybridized carbons (Fsp3) is 0.368. The molecule has 0 saturated heterocycles. The van der Waals surface area contributed by atoms with Gasteiger partial charge in [-0.1, -0.05) is 44.2 Å². The van der Waals surface area contributed by atoms with Gasteiger partial charge in [0.05, 0.1) is 0 Å². The normalized spacial score (nSPS) is 12.2. The van der Waals surface area contributed by atoms with Gasteiger partial charge in [0, 0.05) is 12.1 Å². The van der Waals surface area contributed by atoms with E-state index < -0.39 is 5.82 Å². The topological polar surface area (TPSA) is 44.5 Å². The lowest BCUT2D eigenvalue weighted by atomic mass is 10.1. The SMILES string of the molecule is CC(C)C[C@H](N)COc1ccc(OCc2ccccc2)c(F)c1. The lowest BCUT2D eigenvalue weighted by Gasteiger charge is -2.15. The van der Waals surface area contributed by atoms with Crippen LogP contribution in [0.15, 0.2) is 48.5 Å². The molecular weight excluding hydrogens is 293 g/mol. The largest absolute Gasteiger partial charge is 0.492 e. The molecule has 0 aliphatic carbocycles. The van der Waals surface area contributed by atoms with Crippen LogP contribution in [-0.2, 0) is 6.61 Å². The van der Waals surface area contributed by atoms with Gasteiger partial charge in [0.2, 0.25) is 0 Å². The molecule has 1 atom stereocenters. The van der Waals surface area contributed by atoms with Crippen molar-refractivity contribution >= 4 is 0 Å². The first kappa shape index (κ1) is 17.3. The first-order valence-corrected chi connectivity index (χ1v) is 7.89. The monoisotopic (exact) mass is 317 g/mol. The molecule has 2 rings (SSSR count). The van der Waals surface area contributed by atoms with Gasteiger partial charge >= 0.3 is 0 Å². The van der Waals surface area contributed by atoms with Crippen LogP contribution in [0.25, 0.3) is 0 Å². The maximum Gasteiger partial charge on any atom is 0.168 e. The van der Waals surface area contributed by atoms with Crippen LogP contribution in [0, 0.1) is 11.7 Å². The highest BCUT2D eigenvalue weighted by atomic mass is 19.1. The molecule has 0 aliphatic heterocycles. The van der Waals surface area contributed by atoms with Gasteiger partial charge in [0.1, 0.15) is 19.0 Å². The van der Waals surface area contributed by atoms with Crippen LogP contribution in [0.5, 0.6) is 11.5 Å². The van der Waals surface area contributed by atoms with Crippen LogP contribution in [0.2, 0.25) is 0 Å². The average molecular weight is 317 g/mol. The van der Waals surface area contributed by atoms with E-state index in [-0.39, 0.29) is 11.8 Å². The predicted octanol–water partition coefficient (Wildman–Crippen LogP) is 4.16. The quantitative estimate of drug-likeness (QED) is 0.795. The third-order valence-corrected chi connectivity index (χ3v) is 3.38. The van der Waals surface area contributed by atoms with Crippen molar-refractivity contribution < 1.29 is 13.9 Å². The smallest absolute Gasteiger partial charge is 0.168 e. The Morgan fingerprint density at radius 2 is 1.78 bits per heavy atom. The minimum Gasteiger partial charge on any atom is -0.492 e. The Balaban J connectivity index is 1.87. The van der Waals surface area contributed by atoms with Gasteiger partial charge in [-0.05, 0) is 30.0 Å². The van der Waals surface area contributed by atoms with Crippen molar-refractivity contribution in [3.8, 4) is 11.5 Å². The first-order valence-electron chi connectivity index (χ1n) is 7.89. The number of rotatable bonds is 8. The minimum absolute atomic E-state index is 0.0490. The highest BCUT2D eigenvalue weighted by Gasteiger charge is 2.09. The Bertz CT molecular complexity index is 602. The molecule has 0 spiro atoms. The highest BCUT2D eigenvalue weighted by Crippen LogP contribution is 2.23. The summed E-state index contributed by atoms with van der Waals surface area (Å²) in [5.41, 5.74) is 6.95. The minimum atomic E-state index is -0.434. The van der Waals surface area contributed by atoms with Gasteiger partial charge in [0.25, 0.3) is 0 Å². The Morgan fingerprint density at radius 1 is 1.04 bits per heavy atom. The third kappa shape index (κ3) is 5.91. The van der Waals surface area contributed by atoms with Gasteiger partial charge in [-0.3, -0.25) is 0 Å². The van der Waals surface area contributed by atoms with Gasteiger partial charge in [0.15, 0.2) is 11.6 Å². The lowest BCUT2D eigenvalue weighted by Crippen LogP contribution is -2.29. The number of hydrogen-bond donors (Lipinski definition) is 1. The van der Waals surface area contributed by atoms with Crippen LogP contribution in [0.3, 0.4) is 0 Å². The zero-order valence-corrected chi connectivity index (χ0v) is 13.7. The summed E-state index contributed by atoms with van der Waals surface area (Å²) in [5.74, 6) is 0.761. The fourth-order valence-electron chi connectivity index (χ4n) is 2.30. The molecule has 4 heteroatoms. The first-order chi connectivity index (χ1) is 11.0. The third-order valence-electron chi connectivity index (χ3n) is 3.38. The van der Waals surface area contributed by atoms with Crippen LogP contribution in [0.1, 0.15) is 25.8 Å². The standard InChI is InChI=1S/C19H24FNO2/c1-14(2)10-16(21)13-22-17-8-9-19(18(20)11-17)23-12-15-6-4-3-5-7-15/h3-9,11,14,16H,10,12-13,21H2,1-2H3/t16-/m0/s1. The molecular formula is C19H24FNO2. The molecule has 124 valence electrons. The number of halogens is 1. The van der Waals surface area contributed by atoms with E-state index in [0.717, 1.165) is 12.0 Å². The summed E-state index contributed by atoms with van der Waals surface area (Å²) >= 11 is 0. The molecule has 0 saturated carbocycles. The molecule has 0 amide bonds. The van der Waals surface area contributed by atoms with Gasteiger partial charge in [-0.15, -0.1) is 0 Å². The van der Waals surface area contributed by atoms with Crippen molar-refractivity contribution in [2.24, 2.45) is 11.7 Å². The lowest BCUT2D eigenvalue weighted by molar-refractivity contribution is 0.265. The molecule has 2 aromatic carbocycles. The highest BCUT2D eigenvalue weighted by molar-refractivity contribution is 5.33. The molecule has 0 aromatic heterocycles. The summed E-state index contributed by atoms with van der Waals surface area (Å²) in [5, 5.41) is 0. The van der Waals surface area contributed by atoms with E-state index in [1.165, 1.54) is 6.07 Å². The zero-order valence-electron chi connectivity index (χ0n) is 13.7. The Hall–Kier alpha value is -2.07. The molecule has 0 unspecified atom stereocenters. The number of hydrogen-bond acceptors (Lipinski definition) is 3. The van der Waals surface area contributed by atoms with E-state index in [1.807, 2.05) is 30.3 Å². The van der Waals surface area contributed by atoms with Gasteiger partial charge in [-0.2, -0.15) is 0 Å². The summed E-state index contributed by atoms with van der Waals surface area (Å²) in [6.07, 6.45) is 0.876. The number of ether oxygens (including phenoxy) is 2. The molecule has 23 heavy (non-hydrogen) atoms. The van der Waals surface area contributed by atoms with Crippen LogP contribution >= 0.6 is 0 Å². The van der Waals surface area contributed by atoms with E-state index in [0.29, 0.717) is 24.9 Å². The Morgan fingerprint density at radius 3 is 2.43 bits per heavy atom. The molecule has 2 N–H and O–H groups in total.